The van der Waals surface area contributed by atoms with Crippen LogP contribution < -0.4 is 10.6 Å². The second kappa shape index (κ2) is 8.02. The van der Waals surface area contributed by atoms with Crippen molar-refractivity contribution < 1.29 is 9.90 Å². The summed E-state index contributed by atoms with van der Waals surface area (Å²) in [5.74, 6) is -0.299. The van der Waals surface area contributed by atoms with Gasteiger partial charge in [-0.25, -0.2) is 0 Å². The lowest BCUT2D eigenvalue weighted by atomic mass is 10.1. The molecule has 0 saturated heterocycles. The van der Waals surface area contributed by atoms with E-state index in [-0.39, 0.29) is 11.3 Å². The molecule has 0 aliphatic heterocycles. The Morgan fingerprint density at radius 1 is 1.24 bits per heavy atom. The number of carbonyl (C=O) groups excluding carboxylic acids is 1. The number of anilines is 2. The summed E-state index contributed by atoms with van der Waals surface area (Å²) in [4.78, 5) is 12.4. The maximum atomic E-state index is 12.4. The number of nitrogens with zero attached hydrogens (tertiary/aromatic N) is 1. The molecule has 5 nitrogen and oxygen atoms in total. The van der Waals surface area contributed by atoms with Crippen LogP contribution in [-0.4, -0.2) is 11.0 Å². The lowest BCUT2D eigenvalue weighted by Gasteiger charge is -2.13. The van der Waals surface area contributed by atoms with Gasteiger partial charge < -0.3 is 15.7 Å². The fourth-order valence-electron chi connectivity index (χ4n) is 2.49. The monoisotopic (exact) mass is 335 g/mol. The van der Waals surface area contributed by atoms with E-state index >= 15 is 0 Å². The minimum atomic E-state index is -0.463. The highest BCUT2D eigenvalue weighted by Gasteiger charge is 2.13. The van der Waals surface area contributed by atoms with Crippen LogP contribution in [0, 0.1) is 25.2 Å². The van der Waals surface area contributed by atoms with E-state index in [1.54, 1.807) is 12.1 Å². The van der Waals surface area contributed by atoms with Gasteiger partial charge in [0, 0.05) is 17.6 Å². The summed E-state index contributed by atoms with van der Waals surface area (Å²) in [5.41, 5.74) is 4.21. The zero-order valence-electron chi connectivity index (χ0n) is 14.6. The number of hydrogen-bond donors (Lipinski definition) is 3. The lowest BCUT2D eigenvalue weighted by Crippen LogP contribution is -2.16. The standard InChI is InChI=1S/C20H21N3O2/c1-4-15-7-5-6-13(2)19(15)23-20(25)16(11-21)12-22-18-9-8-17(24)10-14(18)3/h5-10,12,22,24H,4H2,1-3H3,(H,23,25)/b16-12-. The molecule has 0 heterocycles. The van der Waals surface area contributed by atoms with Crippen LogP contribution >= 0.6 is 0 Å². The first-order valence-corrected chi connectivity index (χ1v) is 8.02. The van der Waals surface area contributed by atoms with Crippen molar-refractivity contribution in [2.24, 2.45) is 0 Å². The molecule has 0 aromatic heterocycles. The van der Waals surface area contributed by atoms with Crippen molar-refractivity contribution in [3.8, 4) is 11.8 Å². The van der Waals surface area contributed by atoms with Crippen molar-refractivity contribution in [3.63, 3.8) is 0 Å². The summed E-state index contributed by atoms with van der Waals surface area (Å²) in [6.45, 7) is 5.76. The molecule has 0 bridgehead atoms. The van der Waals surface area contributed by atoms with Gasteiger partial charge in [0.25, 0.3) is 5.91 Å². The third kappa shape index (κ3) is 4.39. The smallest absolute Gasteiger partial charge is 0.267 e. The molecule has 2 rings (SSSR count). The van der Waals surface area contributed by atoms with Gasteiger partial charge >= 0.3 is 0 Å². The van der Waals surface area contributed by atoms with Crippen LogP contribution in [0.25, 0.3) is 0 Å². The van der Waals surface area contributed by atoms with Crippen molar-refractivity contribution in [1.29, 1.82) is 5.26 Å². The minimum Gasteiger partial charge on any atom is -0.508 e. The van der Waals surface area contributed by atoms with Crippen molar-refractivity contribution in [3.05, 3.63) is 64.9 Å². The molecule has 0 aliphatic rings. The Bertz CT molecular complexity index is 864. The van der Waals surface area contributed by atoms with Gasteiger partial charge in [0.1, 0.15) is 17.4 Å². The first-order chi connectivity index (χ1) is 12.0. The topological polar surface area (TPSA) is 85.2 Å². The zero-order chi connectivity index (χ0) is 18.4. The number of aryl methyl sites for hydroxylation is 3. The van der Waals surface area contributed by atoms with E-state index in [9.17, 15) is 15.2 Å². The van der Waals surface area contributed by atoms with Gasteiger partial charge in [-0.1, -0.05) is 25.1 Å². The third-order valence-electron chi connectivity index (χ3n) is 3.93. The summed E-state index contributed by atoms with van der Waals surface area (Å²) in [6.07, 6.45) is 2.16. The van der Waals surface area contributed by atoms with Crippen molar-refractivity contribution in [2.75, 3.05) is 10.6 Å². The first-order valence-electron chi connectivity index (χ1n) is 8.02. The van der Waals surface area contributed by atoms with Gasteiger partial charge in [0.05, 0.1) is 0 Å². The van der Waals surface area contributed by atoms with Gasteiger partial charge in [-0.15, -0.1) is 0 Å². The van der Waals surface area contributed by atoms with Crippen LogP contribution in [0.5, 0.6) is 5.75 Å². The molecule has 0 aliphatic carbocycles. The molecule has 0 saturated carbocycles. The second-order valence-electron chi connectivity index (χ2n) is 5.73. The molecule has 0 radical (unpaired) electrons. The largest absolute Gasteiger partial charge is 0.508 e. The number of amides is 1. The number of phenolic OH excluding ortho intramolecular Hbond substituents is 1. The summed E-state index contributed by atoms with van der Waals surface area (Å²) < 4.78 is 0. The average Bonchev–Trinajstić information content (AvgIpc) is 2.58. The van der Waals surface area contributed by atoms with Crippen LogP contribution in [0.4, 0.5) is 11.4 Å². The highest BCUT2D eigenvalue weighted by molar-refractivity contribution is 6.07. The molecule has 1 amide bonds. The average molecular weight is 335 g/mol. The molecule has 0 spiro atoms. The Hall–Kier alpha value is -3.26. The summed E-state index contributed by atoms with van der Waals surface area (Å²) >= 11 is 0. The van der Waals surface area contributed by atoms with Crippen molar-refractivity contribution in [1.82, 2.24) is 0 Å². The highest BCUT2D eigenvalue weighted by atomic mass is 16.3. The Kier molecular flexibility index (Phi) is 5.80. The van der Waals surface area contributed by atoms with Gasteiger partial charge in [0.15, 0.2) is 0 Å². The Labute approximate surface area is 147 Å². The Morgan fingerprint density at radius 2 is 2.00 bits per heavy atom. The molecule has 25 heavy (non-hydrogen) atoms. The number of benzene rings is 2. The molecule has 0 fully saturated rings. The molecular weight excluding hydrogens is 314 g/mol. The van der Waals surface area contributed by atoms with E-state index < -0.39 is 5.91 Å². The van der Waals surface area contributed by atoms with E-state index in [2.05, 4.69) is 10.6 Å². The van der Waals surface area contributed by atoms with Gasteiger partial charge in [-0.05, 0) is 55.2 Å². The van der Waals surface area contributed by atoms with Gasteiger partial charge in [0.2, 0.25) is 0 Å². The Balaban J connectivity index is 2.20. The predicted octanol–water partition coefficient (Wildman–Crippen LogP) is 4.03. The highest BCUT2D eigenvalue weighted by Crippen LogP contribution is 2.22. The Morgan fingerprint density at radius 3 is 2.64 bits per heavy atom. The predicted molar refractivity (Wildman–Crippen MR) is 99.3 cm³/mol. The van der Waals surface area contributed by atoms with Crippen LogP contribution in [0.1, 0.15) is 23.6 Å². The van der Waals surface area contributed by atoms with E-state index in [4.69, 9.17) is 0 Å². The van der Waals surface area contributed by atoms with Crippen LogP contribution in [0.2, 0.25) is 0 Å². The zero-order valence-corrected chi connectivity index (χ0v) is 14.6. The minimum absolute atomic E-state index is 0.0298. The fourth-order valence-corrected chi connectivity index (χ4v) is 2.49. The quantitative estimate of drug-likeness (QED) is 0.437. The number of nitrogens with one attached hydrogen (secondary N) is 2. The van der Waals surface area contributed by atoms with Crippen LogP contribution in [0.3, 0.4) is 0 Å². The number of hydrogen-bond acceptors (Lipinski definition) is 4. The molecular formula is C20H21N3O2. The lowest BCUT2D eigenvalue weighted by molar-refractivity contribution is -0.112. The third-order valence-corrected chi connectivity index (χ3v) is 3.93. The number of rotatable bonds is 5. The summed E-state index contributed by atoms with van der Waals surface area (Å²) in [7, 11) is 0. The molecule has 3 N–H and O–H groups in total. The SMILES string of the molecule is CCc1cccc(C)c1NC(=O)/C(C#N)=C\Nc1ccc(O)cc1C. The van der Waals surface area contributed by atoms with Crippen molar-refractivity contribution >= 4 is 17.3 Å². The number of carbonyl (C=O) groups is 1. The molecule has 5 heteroatoms. The van der Waals surface area contributed by atoms with Crippen LogP contribution in [-0.2, 0) is 11.2 Å². The number of phenols is 1. The fraction of sp³-hybridized carbons (Fsp3) is 0.200. The molecule has 2 aromatic rings. The van der Waals surface area contributed by atoms with E-state index in [0.29, 0.717) is 5.69 Å². The van der Waals surface area contributed by atoms with Gasteiger partial charge in [-0.2, -0.15) is 5.26 Å². The number of para-hydroxylation sites is 1. The summed E-state index contributed by atoms with van der Waals surface area (Å²) in [6, 6.07) is 12.6. The first kappa shape index (κ1) is 18.1. The van der Waals surface area contributed by atoms with Crippen LogP contribution in [0.15, 0.2) is 48.2 Å². The molecule has 128 valence electrons. The normalized spacial score (nSPS) is 10.9. The summed E-state index contributed by atoms with van der Waals surface area (Å²) in [5, 5.41) is 24.5. The number of aromatic hydroxyl groups is 1. The van der Waals surface area contributed by atoms with E-state index in [0.717, 1.165) is 28.8 Å². The molecule has 2 aromatic carbocycles. The molecule has 0 atom stereocenters. The number of nitriles is 1. The van der Waals surface area contributed by atoms with Crippen molar-refractivity contribution in [2.45, 2.75) is 27.2 Å². The second-order valence-corrected chi connectivity index (χ2v) is 5.73. The maximum absolute atomic E-state index is 12.4. The maximum Gasteiger partial charge on any atom is 0.267 e. The van der Waals surface area contributed by atoms with E-state index in [1.807, 2.05) is 45.0 Å². The molecule has 0 unspecified atom stereocenters. The van der Waals surface area contributed by atoms with E-state index in [1.165, 1.54) is 12.3 Å². The van der Waals surface area contributed by atoms with Gasteiger partial charge in [-0.3, -0.25) is 4.79 Å².